The number of benzene rings is 2. The number of carbonyl (C=O) groups excluding carboxylic acids is 2. The number of hydrogen-bond acceptors (Lipinski definition) is 6. The summed E-state index contributed by atoms with van der Waals surface area (Å²) < 4.78 is 6.62. The molecule has 3 rings (SSSR count). The van der Waals surface area contributed by atoms with Gasteiger partial charge in [0, 0.05) is 12.1 Å². The number of hydrogen-bond donors (Lipinski definition) is 1. The highest BCUT2D eigenvalue weighted by Crippen LogP contribution is 2.21. The van der Waals surface area contributed by atoms with Gasteiger partial charge in [0.1, 0.15) is 6.33 Å². The van der Waals surface area contributed by atoms with Crippen molar-refractivity contribution in [1.82, 2.24) is 20.2 Å². The quantitative estimate of drug-likeness (QED) is 0.591. The Labute approximate surface area is 168 Å². The van der Waals surface area contributed by atoms with Gasteiger partial charge in [0.05, 0.1) is 0 Å². The number of nitrogens with one attached hydrogen (secondary N) is 1. The van der Waals surface area contributed by atoms with E-state index in [0.717, 1.165) is 28.8 Å². The monoisotopic (exact) mass is 393 g/mol. The normalized spacial score (nSPS) is 11.7. The van der Waals surface area contributed by atoms with E-state index in [1.54, 1.807) is 0 Å². The molecule has 0 aliphatic carbocycles. The minimum absolute atomic E-state index is 0.351. The van der Waals surface area contributed by atoms with Crippen LogP contribution >= 0.6 is 0 Å². The third-order valence-corrected chi connectivity index (χ3v) is 4.58. The number of aromatic nitrogens is 4. The van der Waals surface area contributed by atoms with E-state index in [9.17, 15) is 9.59 Å². The zero-order valence-electron chi connectivity index (χ0n) is 16.4. The first kappa shape index (κ1) is 20.2. The largest absolute Gasteiger partial charge is 0.454 e. The minimum Gasteiger partial charge on any atom is -0.454 e. The molecule has 150 valence electrons. The highest BCUT2D eigenvalue weighted by Gasteiger charge is 2.25. The molecule has 1 N–H and O–H groups in total. The average molecular weight is 393 g/mol. The maximum absolute atomic E-state index is 12.7. The van der Waals surface area contributed by atoms with Crippen LogP contribution in [0.5, 0.6) is 0 Å². The standard InChI is InChI=1S/C21H23N5O3/c1-3-17-11-7-8-15(2)20(17)23-19(27)13-29-21(28)18(26-14-22-24-25-26)12-16-9-5-4-6-10-16/h4-11,14,18H,3,12-13H2,1-2H3,(H,23,27)/t18-/m0/s1. The number of aryl methyl sites for hydroxylation is 2. The number of esters is 1. The molecule has 2 aromatic carbocycles. The van der Waals surface area contributed by atoms with Crippen LogP contribution in [-0.4, -0.2) is 38.7 Å². The van der Waals surface area contributed by atoms with E-state index in [1.165, 1.54) is 11.0 Å². The van der Waals surface area contributed by atoms with Gasteiger partial charge in [-0.05, 0) is 40.5 Å². The second kappa shape index (κ2) is 9.59. The average Bonchev–Trinajstić information content (AvgIpc) is 3.27. The molecule has 29 heavy (non-hydrogen) atoms. The lowest BCUT2D eigenvalue weighted by Gasteiger charge is -2.16. The lowest BCUT2D eigenvalue weighted by molar-refractivity contribution is -0.151. The maximum atomic E-state index is 12.7. The van der Waals surface area contributed by atoms with E-state index in [-0.39, 0.29) is 6.61 Å². The Morgan fingerprint density at radius 3 is 2.62 bits per heavy atom. The molecule has 3 aromatic rings. The van der Waals surface area contributed by atoms with Crippen molar-refractivity contribution in [2.45, 2.75) is 32.7 Å². The molecule has 0 aliphatic heterocycles. The number of nitrogens with zero attached hydrogens (tertiary/aromatic N) is 4. The van der Waals surface area contributed by atoms with Gasteiger partial charge in [-0.3, -0.25) is 4.79 Å². The summed E-state index contributed by atoms with van der Waals surface area (Å²) in [5, 5.41) is 13.8. The molecule has 1 heterocycles. The molecule has 8 nitrogen and oxygen atoms in total. The van der Waals surface area contributed by atoms with Crippen molar-refractivity contribution in [3.05, 3.63) is 71.5 Å². The summed E-state index contributed by atoms with van der Waals surface area (Å²) >= 11 is 0. The molecule has 0 fully saturated rings. The Morgan fingerprint density at radius 1 is 1.14 bits per heavy atom. The van der Waals surface area contributed by atoms with Crippen molar-refractivity contribution < 1.29 is 14.3 Å². The highest BCUT2D eigenvalue weighted by molar-refractivity contribution is 5.94. The first-order valence-electron chi connectivity index (χ1n) is 9.40. The van der Waals surface area contributed by atoms with Gasteiger partial charge in [0.15, 0.2) is 12.6 Å². The van der Waals surface area contributed by atoms with Crippen LogP contribution in [0.15, 0.2) is 54.9 Å². The van der Waals surface area contributed by atoms with Crippen molar-refractivity contribution in [3.63, 3.8) is 0 Å². The Bertz CT molecular complexity index is 958. The molecule has 0 aliphatic rings. The first-order chi connectivity index (χ1) is 14.1. The maximum Gasteiger partial charge on any atom is 0.331 e. The van der Waals surface area contributed by atoms with Crippen LogP contribution in [0, 0.1) is 6.92 Å². The van der Waals surface area contributed by atoms with Gasteiger partial charge in [-0.1, -0.05) is 55.5 Å². The molecule has 1 atom stereocenters. The van der Waals surface area contributed by atoms with Gasteiger partial charge in [0.25, 0.3) is 5.91 Å². The summed E-state index contributed by atoms with van der Waals surface area (Å²) in [6, 6.07) is 14.6. The molecule has 0 spiro atoms. The Balaban J connectivity index is 1.65. The summed E-state index contributed by atoms with van der Waals surface area (Å²) in [4.78, 5) is 25.0. The smallest absolute Gasteiger partial charge is 0.331 e. The Morgan fingerprint density at radius 2 is 1.93 bits per heavy atom. The fraction of sp³-hybridized carbons (Fsp3) is 0.286. The van der Waals surface area contributed by atoms with E-state index in [0.29, 0.717) is 6.42 Å². The topological polar surface area (TPSA) is 99.0 Å². The van der Waals surface area contributed by atoms with Crippen molar-refractivity contribution in [2.24, 2.45) is 0 Å². The van der Waals surface area contributed by atoms with Gasteiger partial charge < -0.3 is 10.1 Å². The highest BCUT2D eigenvalue weighted by atomic mass is 16.5. The van der Waals surface area contributed by atoms with Crippen LogP contribution in [0.3, 0.4) is 0 Å². The number of tetrazole rings is 1. The summed E-state index contributed by atoms with van der Waals surface area (Å²) in [6.45, 7) is 3.56. The van der Waals surface area contributed by atoms with Crippen molar-refractivity contribution in [2.75, 3.05) is 11.9 Å². The Hall–Kier alpha value is -3.55. The zero-order chi connectivity index (χ0) is 20.6. The van der Waals surface area contributed by atoms with Crippen molar-refractivity contribution in [3.8, 4) is 0 Å². The molecule has 0 radical (unpaired) electrons. The number of para-hydroxylation sites is 1. The molecule has 0 bridgehead atoms. The van der Waals surface area contributed by atoms with Crippen LogP contribution in [0.4, 0.5) is 5.69 Å². The molecule has 0 unspecified atom stereocenters. The van der Waals surface area contributed by atoms with Gasteiger partial charge in [-0.25, -0.2) is 9.48 Å². The number of rotatable bonds is 8. The summed E-state index contributed by atoms with van der Waals surface area (Å²) in [6.07, 6.45) is 2.50. The van der Waals surface area contributed by atoms with Crippen LogP contribution < -0.4 is 5.32 Å². The van der Waals surface area contributed by atoms with Gasteiger partial charge in [0.2, 0.25) is 0 Å². The molecular weight excluding hydrogens is 370 g/mol. The predicted molar refractivity (Wildman–Crippen MR) is 107 cm³/mol. The summed E-state index contributed by atoms with van der Waals surface area (Å²) in [5.74, 6) is -0.964. The first-order valence-corrected chi connectivity index (χ1v) is 9.40. The van der Waals surface area contributed by atoms with Crippen molar-refractivity contribution >= 4 is 17.6 Å². The SMILES string of the molecule is CCc1cccc(C)c1NC(=O)COC(=O)[C@H](Cc1ccccc1)n1cnnn1. The number of ether oxygens (including phenoxy) is 1. The summed E-state index contributed by atoms with van der Waals surface area (Å²) in [7, 11) is 0. The fourth-order valence-corrected chi connectivity index (χ4v) is 3.04. The minimum atomic E-state index is -0.759. The molecule has 0 saturated heterocycles. The van der Waals surface area contributed by atoms with Gasteiger partial charge in [-0.15, -0.1) is 5.10 Å². The van der Waals surface area contributed by atoms with E-state index in [2.05, 4.69) is 20.8 Å². The van der Waals surface area contributed by atoms with Crippen LogP contribution in [0.25, 0.3) is 0 Å². The number of carbonyl (C=O) groups is 2. The van der Waals surface area contributed by atoms with Crippen molar-refractivity contribution in [1.29, 1.82) is 0 Å². The van der Waals surface area contributed by atoms with Crippen LogP contribution in [0.1, 0.15) is 29.7 Å². The van der Waals surface area contributed by atoms with E-state index in [4.69, 9.17) is 4.74 Å². The lowest BCUT2D eigenvalue weighted by Crippen LogP contribution is -2.28. The number of amides is 1. The Kier molecular flexibility index (Phi) is 6.67. The lowest BCUT2D eigenvalue weighted by atomic mass is 10.1. The predicted octanol–water partition coefficient (Wildman–Crippen LogP) is 2.51. The molecular formula is C21H23N5O3. The third-order valence-electron chi connectivity index (χ3n) is 4.58. The fourth-order valence-electron chi connectivity index (χ4n) is 3.04. The summed E-state index contributed by atoms with van der Waals surface area (Å²) in [5.41, 5.74) is 3.68. The van der Waals surface area contributed by atoms with E-state index in [1.807, 2.05) is 62.4 Å². The van der Waals surface area contributed by atoms with E-state index >= 15 is 0 Å². The van der Waals surface area contributed by atoms with Crippen LogP contribution in [-0.2, 0) is 27.2 Å². The van der Waals surface area contributed by atoms with Gasteiger partial charge in [-0.2, -0.15) is 0 Å². The van der Waals surface area contributed by atoms with Crippen LogP contribution in [0.2, 0.25) is 0 Å². The molecule has 8 heteroatoms. The molecule has 0 saturated carbocycles. The zero-order valence-corrected chi connectivity index (χ0v) is 16.4. The second-order valence-corrected chi connectivity index (χ2v) is 6.61. The van der Waals surface area contributed by atoms with E-state index < -0.39 is 17.9 Å². The molecule has 1 aromatic heterocycles. The second-order valence-electron chi connectivity index (χ2n) is 6.61. The van der Waals surface area contributed by atoms with Gasteiger partial charge >= 0.3 is 5.97 Å². The molecule has 1 amide bonds. The number of anilines is 1. The third kappa shape index (κ3) is 5.25.